The van der Waals surface area contributed by atoms with E-state index in [-0.39, 0.29) is 28.5 Å². The second-order valence-electron chi connectivity index (χ2n) is 6.73. The average molecular weight is 458 g/mol. The first-order valence-electron chi connectivity index (χ1n) is 8.84. The largest absolute Gasteiger partial charge is 0.497 e. The van der Waals surface area contributed by atoms with E-state index in [0.717, 1.165) is 18.2 Å². The molecular weight excluding hydrogens is 437 g/mol. The van der Waals surface area contributed by atoms with E-state index in [4.69, 9.17) is 9.47 Å². The van der Waals surface area contributed by atoms with Crippen molar-refractivity contribution in [1.82, 2.24) is 0 Å². The molecular formula is C19H20FNO7S2. The van der Waals surface area contributed by atoms with E-state index in [1.807, 2.05) is 0 Å². The molecule has 3 rings (SSSR count). The number of hydrogen-bond acceptors (Lipinski definition) is 7. The first-order valence-corrected chi connectivity index (χ1v) is 12.2. The second-order valence-corrected chi connectivity index (χ2v) is 11.2. The zero-order valence-corrected chi connectivity index (χ0v) is 17.8. The summed E-state index contributed by atoms with van der Waals surface area (Å²) in [6.07, 6.45) is -0.0351. The Morgan fingerprint density at radius 1 is 1.13 bits per heavy atom. The average Bonchev–Trinajstić information content (AvgIpc) is 3.08. The second kappa shape index (κ2) is 8.23. The summed E-state index contributed by atoms with van der Waals surface area (Å²) < 4.78 is 73.4. The smallest absolute Gasteiger partial charge is 0.258 e. The third kappa shape index (κ3) is 4.41. The van der Waals surface area contributed by atoms with Gasteiger partial charge in [0.25, 0.3) is 5.91 Å². The van der Waals surface area contributed by atoms with Crippen molar-refractivity contribution in [2.75, 3.05) is 31.0 Å². The topological polar surface area (TPSA) is 116 Å². The fraction of sp³-hybridized carbons (Fsp3) is 0.316. The van der Waals surface area contributed by atoms with E-state index in [9.17, 15) is 26.0 Å². The Kier molecular flexibility index (Phi) is 6.04. The fourth-order valence-corrected chi connectivity index (χ4v) is 7.53. The number of ether oxygens (including phenoxy) is 2. The molecule has 8 nitrogen and oxygen atoms in total. The van der Waals surface area contributed by atoms with E-state index in [2.05, 4.69) is 5.32 Å². The van der Waals surface area contributed by atoms with Crippen molar-refractivity contribution in [2.24, 2.45) is 0 Å². The number of sulfone groups is 2. The van der Waals surface area contributed by atoms with Crippen molar-refractivity contribution in [1.29, 1.82) is 0 Å². The Labute approximate surface area is 173 Å². The predicted octanol–water partition coefficient (Wildman–Crippen LogP) is 2.06. The van der Waals surface area contributed by atoms with Gasteiger partial charge in [0.1, 0.15) is 17.3 Å². The van der Waals surface area contributed by atoms with Crippen LogP contribution < -0.4 is 14.8 Å². The fourth-order valence-electron chi connectivity index (χ4n) is 3.14. The molecule has 1 amide bonds. The molecule has 1 aliphatic rings. The van der Waals surface area contributed by atoms with Gasteiger partial charge >= 0.3 is 0 Å². The minimum absolute atomic E-state index is 0.0351. The van der Waals surface area contributed by atoms with Crippen LogP contribution in [-0.2, 0) is 19.7 Å². The van der Waals surface area contributed by atoms with Gasteiger partial charge in [0.15, 0.2) is 19.7 Å². The molecule has 0 unspecified atom stereocenters. The molecule has 0 saturated carbocycles. The normalized spacial score (nSPS) is 18.0. The van der Waals surface area contributed by atoms with Crippen LogP contribution in [0.25, 0.3) is 0 Å². The van der Waals surface area contributed by atoms with Crippen LogP contribution in [0, 0.1) is 5.82 Å². The van der Waals surface area contributed by atoms with E-state index in [1.54, 1.807) is 6.07 Å². The monoisotopic (exact) mass is 457 g/mol. The summed E-state index contributed by atoms with van der Waals surface area (Å²) in [6.45, 7) is 0. The number of methoxy groups -OCH3 is 2. The molecule has 1 N–H and O–H groups in total. The standard InChI is InChI=1S/C19H20FNO7S2/c1-27-12-3-6-17(18(9-12)28-2)21-19(22)15-10-13(4-5-16(15)20)30(25,26)14-7-8-29(23,24)11-14/h3-6,9-10,14H,7-8,11H2,1-2H3,(H,21,22)/t14-/m0/s1. The molecule has 162 valence electrons. The lowest BCUT2D eigenvalue weighted by atomic mass is 10.2. The number of carbonyl (C=O) groups is 1. The van der Waals surface area contributed by atoms with Gasteiger partial charge < -0.3 is 14.8 Å². The maximum Gasteiger partial charge on any atom is 0.258 e. The summed E-state index contributed by atoms with van der Waals surface area (Å²) in [5, 5.41) is 1.36. The Morgan fingerprint density at radius 2 is 1.87 bits per heavy atom. The van der Waals surface area contributed by atoms with Crippen LogP contribution in [0.5, 0.6) is 11.5 Å². The Balaban J connectivity index is 1.91. The molecule has 30 heavy (non-hydrogen) atoms. The molecule has 0 radical (unpaired) electrons. The van der Waals surface area contributed by atoms with E-state index < -0.39 is 48.0 Å². The molecule has 2 aromatic carbocycles. The molecule has 1 atom stereocenters. The molecule has 0 aliphatic carbocycles. The SMILES string of the molecule is COc1ccc(NC(=O)c2cc(S(=O)(=O)[C@H]3CCS(=O)(=O)C3)ccc2F)c(OC)c1. The molecule has 2 aromatic rings. The molecule has 1 heterocycles. The van der Waals surface area contributed by atoms with Crippen molar-refractivity contribution < 1.29 is 35.5 Å². The van der Waals surface area contributed by atoms with E-state index in [0.29, 0.717) is 5.75 Å². The van der Waals surface area contributed by atoms with Crippen LogP contribution in [0.1, 0.15) is 16.8 Å². The first-order chi connectivity index (χ1) is 14.1. The third-order valence-electron chi connectivity index (χ3n) is 4.80. The van der Waals surface area contributed by atoms with Gasteiger partial charge in [-0.3, -0.25) is 4.79 Å². The highest BCUT2D eigenvalue weighted by Gasteiger charge is 2.38. The number of hydrogen-bond donors (Lipinski definition) is 1. The highest BCUT2D eigenvalue weighted by atomic mass is 32.2. The quantitative estimate of drug-likeness (QED) is 0.660. The first kappa shape index (κ1) is 22.0. The Hall–Kier alpha value is -2.66. The summed E-state index contributed by atoms with van der Waals surface area (Å²) in [7, 11) is -4.63. The molecule has 1 saturated heterocycles. The van der Waals surface area contributed by atoms with Crippen LogP contribution in [-0.4, -0.2) is 53.7 Å². The van der Waals surface area contributed by atoms with Crippen molar-refractivity contribution in [3.8, 4) is 11.5 Å². The number of nitrogens with one attached hydrogen (secondary N) is 1. The van der Waals surface area contributed by atoms with Crippen molar-refractivity contribution in [2.45, 2.75) is 16.6 Å². The molecule has 11 heteroatoms. The lowest BCUT2D eigenvalue weighted by Gasteiger charge is -2.14. The van der Waals surface area contributed by atoms with Crippen molar-refractivity contribution in [3.05, 3.63) is 47.8 Å². The maximum atomic E-state index is 14.3. The molecule has 0 bridgehead atoms. The van der Waals surface area contributed by atoms with Crippen LogP contribution in [0.15, 0.2) is 41.3 Å². The zero-order chi connectivity index (χ0) is 22.1. The van der Waals surface area contributed by atoms with Crippen LogP contribution in [0.3, 0.4) is 0 Å². The number of rotatable bonds is 6. The molecule has 0 spiro atoms. The summed E-state index contributed by atoms with van der Waals surface area (Å²) in [5.74, 6) is -1.76. The number of anilines is 1. The summed E-state index contributed by atoms with van der Waals surface area (Å²) in [4.78, 5) is 12.3. The number of amides is 1. The highest BCUT2D eigenvalue weighted by Crippen LogP contribution is 2.30. The van der Waals surface area contributed by atoms with Crippen LogP contribution in [0.2, 0.25) is 0 Å². The van der Waals surface area contributed by atoms with Crippen LogP contribution in [0.4, 0.5) is 10.1 Å². The zero-order valence-electron chi connectivity index (χ0n) is 16.2. The minimum Gasteiger partial charge on any atom is -0.497 e. The highest BCUT2D eigenvalue weighted by molar-refractivity contribution is 7.96. The molecule has 1 fully saturated rings. The lowest BCUT2D eigenvalue weighted by molar-refractivity contribution is 0.102. The van der Waals surface area contributed by atoms with Gasteiger partial charge in [-0.2, -0.15) is 0 Å². The van der Waals surface area contributed by atoms with Crippen molar-refractivity contribution in [3.63, 3.8) is 0 Å². The lowest BCUT2D eigenvalue weighted by Crippen LogP contribution is -2.23. The van der Waals surface area contributed by atoms with E-state index >= 15 is 0 Å². The molecule has 0 aromatic heterocycles. The summed E-state index contributed by atoms with van der Waals surface area (Å²) in [5.41, 5.74) is -0.257. The minimum atomic E-state index is -4.04. The summed E-state index contributed by atoms with van der Waals surface area (Å²) >= 11 is 0. The Bertz CT molecular complexity index is 1190. The molecule has 1 aliphatic heterocycles. The Morgan fingerprint density at radius 3 is 2.47 bits per heavy atom. The predicted molar refractivity (Wildman–Crippen MR) is 108 cm³/mol. The van der Waals surface area contributed by atoms with Gasteiger partial charge in [-0.25, -0.2) is 21.2 Å². The van der Waals surface area contributed by atoms with Gasteiger partial charge in [0, 0.05) is 6.07 Å². The number of carbonyl (C=O) groups excluding carboxylic acids is 1. The van der Waals surface area contributed by atoms with Crippen LogP contribution >= 0.6 is 0 Å². The number of halogens is 1. The van der Waals surface area contributed by atoms with Crippen molar-refractivity contribution >= 4 is 31.3 Å². The maximum absolute atomic E-state index is 14.3. The third-order valence-corrected chi connectivity index (χ3v) is 8.97. The number of benzene rings is 2. The summed E-state index contributed by atoms with van der Waals surface area (Å²) in [6, 6.07) is 7.40. The van der Waals surface area contributed by atoms with Gasteiger partial charge in [0.2, 0.25) is 0 Å². The van der Waals surface area contributed by atoms with Gasteiger partial charge in [-0.05, 0) is 36.8 Å². The van der Waals surface area contributed by atoms with Gasteiger partial charge in [0.05, 0.1) is 47.1 Å². The van der Waals surface area contributed by atoms with E-state index in [1.165, 1.54) is 26.4 Å². The van der Waals surface area contributed by atoms with Gasteiger partial charge in [-0.1, -0.05) is 0 Å². The van der Waals surface area contributed by atoms with Gasteiger partial charge in [-0.15, -0.1) is 0 Å².